The SMILES string of the molecule is C[C@@H](O)[C@H]1CC[C@H]2[C@@H]3CCC4=CC(=O)C[C@]4(C)[C@H]3CC[C@]12C. The summed E-state index contributed by atoms with van der Waals surface area (Å²) in [5.41, 5.74) is 1.94. The zero-order valence-electron chi connectivity index (χ0n) is 14.3. The zero-order valence-corrected chi connectivity index (χ0v) is 14.3. The van der Waals surface area contributed by atoms with Crippen molar-refractivity contribution in [2.75, 3.05) is 0 Å². The molecule has 3 fully saturated rings. The number of hydrogen-bond donors (Lipinski definition) is 1. The van der Waals surface area contributed by atoms with Crippen molar-refractivity contribution in [3.8, 4) is 0 Å². The highest BCUT2D eigenvalue weighted by Gasteiger charge is 2.60. The van der Waals surface area contributed by atoms with Crippen LogP contribution in [0.4, 0.5) is 0 Å². The molecular weight excluding hydrogens is 272 g/mol. The van der Waals surface area contributed by atoms with Crippen LogP contribution in [-0.2, 0) is 4.79 Å². The van der Waals surface area contributed by atoms with E-state index >= 15 is 0 Å². The monoisotopic (exact) mass is 302 g/mol. The number of carbonyl (C=O) groups excluding carboxylic acids is 1. The van der Waals surface area contributed by atoms with E-state index in [-0.39, 0.29) is 11.5 Å². The van der Waals surface area contributed by atoms with E-state index in [1.165, 1.54) is 37.7 Å². The van der Waals surface area contributed by atoms with E-state index in [9.17, 15) is 9.90 Å². The summed E-state index contributed by atoms with van der Waals surface area (Å²) in [6.45, 7) is 6.80. The molecule has 3 saturated carbocycles. The fourth-order valence-electron chi connectivity index (χ4n) is 7.25. The fraction of sp³-hybridized carbons (Fsp3) is 0.850. The van der Waals surface area contributed by atoms with Gasteiger partial charge in [-0.2, -0.15) is 0 Å². The number of aliphatic hydroxyl groups excluding tert-OH is 1. The average Bonchev–Trinajstić information content (AvgIpc) is 2.93. The van der Waals surface area contributed by atoms with Crippen LogP contribution < -0.4 is 0 Å². The lowest BCUT2D eigenvalue weighted by molar-refractivity contribution is -0.117. The molecule has 0 aliphatic heterocycles. The van der Waals surface area contributed by atoms with E-state index in [0.717, 1.165) is 24.7 Å². The Labute approximate surface area is 134 Å². The van der Waals surface area contributed by atoms with Gasteiger partial charge in [-0.3, -0.25) is 4.79 Å². The first-order chi connectivity index (χ1) is 10.4. The maximum Gasteiger partial charge on any atom is 0.156 e. The van der Waals surface area contributed by atoms with E-state index in [2.05, 4.69) is 13.8 Å². The molecule has 0 unspecified atom stereocenters. The third-order valence-corrected chi connectivity index (χ3v) is 8.27. The first-order valence-corrected chi connectivity index (χ1v) is 9.28. The predicted molar refractivity (Wildman–Crippen MR) is 87.3 cm³/mol. The second-order valence-corrected chi connectivity index (χ2v) is 9.11. The Morgan fingerprint density at radius 3 is 2.68 bits per heavy atom. The summed E-state index contributed by atoms with van der Waals surface area (Å²) < 4.78 is 0. The van der Waals surface area contributed by atoms with Gasteiger partial charge in [0, 0.05) is 6.42 Å². The third-order valence-electron chi connectivity index (χ3n) is 8.27. The Hall–Kier alpha value is -0.630. The molecule has 0 heterocycles. The van der Waals surface area contributed by atoms with Crippen LogP contribution in [0.2, 0.25) is 0 Å². The van der Waals surface area contributed by atoms with Crippen molar-refractivity contribution >= 4 is 5.78 Å². The Morgan fingerprint density at radius 2 is 1.95 bits per heavy atom. The quantitative estimate of drug-likeness (QED) is 0.791. The van der Waals surface area contributed by atoms with E-state index in [4.69, 9.17) is 0 Å². The van der Waals surface area contributed by atoms with Gasteiger partial charge in [-0.05, 0) is 86.0 Å². The lowest BCUT2D eigenvalue weighted by atomic mass is 9.48. The van der Waals surface area contributed by atoms with E-state index < -0.39 is 0 Å². The molecule has 0 aromatic rings. The fourth-order valence-corrected chi connectivity index (χ4v) is 7.25. The highest BCUT2D eigenvalue weighted by Crippen LogP contribution is 2.67. The Bertz CT molecular complexity index is 534. The molecule has 1 N–H and O–H groups in total. The molecule has 2 heteroatoms. The van der Waals surface area contributed by atoms with Crippen LogP contribution in [0.5, 0.6) is 0 Å². The lowest BCUT2D eigenvalue weighted by Crippen LogP contribution is -2.50. The lowest BCUT2D eigenvalue weighted by Gasteiger charge is -2.56. The second kappa shape index (κ2) is 4.69. The van der Waals surface area contributed by atoms with Crippen LogP contribution in [0.3, 0.4) is 0 Å². The zero-order chi connectivity index (χ0) is 15.7. The van der Waals surface area contributed by atoms with Crippen LogP contribution >= 0.6 is 0 Å². The van der Waals surface area contributed by atoms with Gasteiger partial charge in [0.2, 0.25) is 0 Å². The molecule has 2 nitrogen and oxygen atoms in total. The number of ketones is 1. The molecule has 22 heavy (non-hydrogen) atoms. The minimum absolute atomic E-state index is 0.157. The third kappa shape index (κ3) is 1.79. The Balaban J connectivity index is 1.66. The summed E-state index contributed by atoms with van der Waals surface area (Å²) in [6, 6.07) is 0. The van der Waals surface area contributed by atoms with Gasteiger partial charge in [0.25, 0.3) is 0 Å². The first-order valence-electron chi connectivity index (χ1n) is 9.28. The number of allylic oxidation sites excluding steroid dienone is 2. The summed E-state index contributed by atoms with van der Waals surface area (Å²) in [4.78, 5) is 12.0. The highest BCUT2D eigenvalue weighted by molar-refractivity contribution is 5.94. The van der Waals surface area contributed by atoms with Gasteiger partial charge in [0.05, 0.1) is 6.10 Å². The Kier molecular flexibility index (Phi) is 3.18. The van der Waals surface area contributed by atoms with Crippen molar-refractivity contribution in [2.24, 2.45) is 34.5 Å². The molecule has 0 amide bonds. The average molecular weight is 302 g/mol. The molecule has 4 rings (SSSR count). The standard InChI is InChI=1S/C20H30O2/c1-12(21)16-6-7-17-15-5-4-13-10-14(22)11-20(13,3)18(15)8-9-19(16,17)2/h10,12,15-18,21H,4-9,11H2,1-3H3/t12-,15+,16-,17+,18+,19-,20+/m1/s1. The summed E-state index contributed by atoms with van der Waals surface area (Å²) in [5, 5.41) is 10.2. The number of hydrogen-bond acceptors (Lipinski definition) is 2. The summed E-state index contributed by atoms with van der Waals surface area (Å²) in [5.74, 6) is 3.08. The molecule has 122 valence electrons. The minimum Gasteiger partial charge on any atom is -0.393 e. The smallest absolute Gasteiger partial charge is 0.156 e. The van der Waals surface area contributed by atoms with Crippen LogP contribution in [0.1, 0.15) is 65.7 Å². The molecule has 7 atom stereocenters. The highest BCUT2D eigenvalue weighted by atomic mass is 16.3. The largest absolute Gasteiger partial charge is 0.393 e. The van der Waals surface area contributed by atoms with Gasteiger partial charge in [0.15, 0.2) is 5.78 Å². The summed E-state index contributed by atoms with van der Waals surface area (Å²) in [6.07, 6.45) is 9.93. The van der Waals surface area contributed by atoms with Gasteiger partial charge in [-0.1, -0.05) is 19.4 Å². The maximum absolute atomic E-state index is 12.0. The molecule has 0 aromatic heterocycles. The van der Waals surface area contributed by atoms with Gasteiger partial charge in [-0.25, -0.2) is 0 Å². The van der Waals surface area contributed by atoms with Crippen molar-refractivity contribution in [1.29, 1.82) is 0 Å². The number of rotatable bonds is 1. The van der Waals surface area contributed by atoms with E-state index in [1.54, 1.807) is 0 Å². The number of carbonyl (C=O) groups is 1. The Morgan fingerprint density at radius 1 is 1.18 bits per heavy atom. The van der Waals surface area contributed by atoms with Gasteiger partial charge < -0.3 is 5.11 Å². The van der Waals surface area contributed by atoms with Crippen LogP contribution in [0, 0.1) is 34.5 Å². The molecule has 0 spiro atoms. The van der Waals surface area contributed by atoms with E-state index in [0.29, 0.717) is 23.0 Å². The van der Waals surface area contributed by atoms with Crippen LogP contribution in [-0.4, -0.2) is 17.0 Å². The van der Waals surface area contributed by atoms with Crippen molar-refractivity contribution in [3.05, 3.63) is 11.6 Å². The molecule has 0 bridgehead atoms. The van der Waals surface area contributed by atoms with Crippen molar-refractivity contribution in [2.45, 2.75) is 71.8 Å². The first kappa shape index (κ1) is 14.9. The molecular formula is C20H30O2. The normalized spacial score (nSPS) is 51.8. The summed E-state index contributed by atoms with van der Waals surface area (Å²) in [7, 11) is 0. The van der Waals surface area contributed by atoms with Crippen LogP contribution in [0.25, 0.3) is 0 Å². The van der Waals surface area contributed by atoms with Gasteiger partial charge >= 0.3 is 0 Å². The van der Waals surface area contributed by atoms with Crippen LogP contribution in [0.15, 0.2) is 11.6 Å². The number of aliphatic hydroxyl groups is 1. The molecule has 4 aliphatic carbocycles. The number of fused-ring (bicyclic) bond motifs is 5. The van der Waals surface area contributed by atoms with Gasteiger partial charge in [0.1, 0.15) is 0 Å². The van der Waals surface area contributed by atoms with Crippen molar-refractivity contribution in [1.82, 2.24) is 0 Å². The second-order valence-electron chi connectivity index (χ2n) is 9.11. The van der Waals surface area contributed by atoms with Crippen molar-refractivity contribution < 1.29 is 9.90 Å². The molecule has 0 aromatic carbocycles. The van der Waals surface area contributed by atoms with Crippen molar-refractivity contribution in [3.63, 3.8) is 0 Å². The molecule has 0 saturated heterocycles. The van der Waals surface area contributed by atoms with Gasteiger partial charge in [-0.15, -0.1) is 0 Å². The maximum atomic E-state index is 12.0. The predicted octanol–water partition coefficient (Wildman–Crippen LogP) is 4.13. The molecule has 0 radical (unpaired) electrons. The summed E-state index contributed by atoms with van der Waals surface area (Å²) >= 11 is 0. The van der Waals surface area contributed by atoms with E-state index in [1.807, 2.05) is 13.0 Å². The minimum atomic E-state index is -0.172. The molecule has 4 aliphatic rings. The topological polar surface area (TPSA) is 37.3 Å².